The molecule has 2 aromatic heterocycles. The molecule has 2 heterocycles. The van der Waals surface area contributed by atoms with Crippen molar-refractivity contribution in [2.75, 3.05) is 0 Å². The number of nitrogens with one attached hydrogen (secondary N) is 1. The monoisotopic (exact) mass is 370 g/mol. The molecule has 0 radical (unpaired) electrons. The molecule has 0 spiro atoms. The van der Waals surface area contributed by atoms with Crippen molar-refractivity contribution < 1.29 is 18.8 Å². The number of amides is 1. The largest absolute Gasteiger partial charge is 0.459 e. The van der Waals surface area contributed by atoms with Crippen LogP contribution in [0, 0.1) is 13.8 Å². The van der Waals surface area contributed by atoms with E-state index in [0.29, 0.717) is 21.9 Å². The molecular formula is C19H18N2O4S. The van der Waals surface area contributed by atoms with Crippen LogP contribution in [-0.2, 0) is 16.1 Å². The lowest BCUT2D eigenvalue weighted by Crippen LogP contribution is -2.34. The molecule has 1 atom stereocenters. The van der Waals surface area contributed by atoms with Gasteiger partial charge in [0, 0.05) is 0 Å². The lowest BCUT2D eigenvalue weighted by Gasteiger charge is -2.17. The average molecular weight is 370 g/mol. The quantitative estimate of drug-likeness (QED) is 0.671. The van der Waals surface area contributed by atoms with Crippen LogP contribution in [0.2, 0.25) is 0 Å². The number of hydrogen-bond acceptors (Lipinski definition) is 6. The van der Waals surface area contributed by atoms with E-state index in [9.17, 15) is 9.59 Å². The Balaban J connectivity index is 1.76. The maximum Gasteiger partial charge on any atom is 0.333 e. The highest BCUT2D eigenvalue weighted by Crippen LogP contribution is 2.19. The fraction of sp³-hybridized carbons (Fsp3) is 0.211. The molecule has 0 bridgehead atoms. The third-order valence-electron chi connectivity index (χ3n) is 3.93. The van der Waals surface area contributed by atoms with Crippen molar-refractivity contribution in [3.8, 4) is 0 Å². The molecule has 0 aliphatic heterocycles. The summed E-state index contributed by atoms with van der Waals surface area (Å²) in [6.45, 7) is 3.58. The predicted octanol–water partition coefficient (Wildman–Crippen LogP) is 3.57. The molecular weight excluding hydrogens is 352 g/mol. The normalized spacial score (nSPS) is 11.8. The fourth-order valence-electron chi connectivity index (χ4n) is 2.47. The number of hydrogen-bond donors (Lipinski definition) is 1. The van der Waals surface area contributed by atoms with Gasteiger partial charge in [0.05, 0.1) is 16.1 Å². The van der Waals surface area contributed by atoms with E-state index in [1.54, 1.807) is 50.2 Å². The van der Waals surface area contributed by atoms with Gasteiger partial charge in [0.25, 0.3) is 5.91 Å². The highest BCUT2D eigenvalue weighted by Gasteiger charge is 2.26. The second-order valence-electron chi connectivity index (χ2n) is 5.70. The maximum absolute atomic E-state index is 12.7. The number of thiophene rings is 1. The number of carbonyl (C=O) groups excluding carboxylic acids is 2. The minimum absolute atomic E-state index is 0.0399. The Labute approximate surface area is 154 Å². The van der Waals surface area contributed by atoms with E-state index in [-0.39, 0.29) is 12.5 Å². The first-order valence-electron chi connectivity index (χ1n) is 8.04. The highest BCUT2D eigenvalue weighted by molar-refractivity contribution is 7.12. The summed E-state index contributed by atoms with van der Waals surface area (Å²) in [5.74, 6) is -0.251. The van der Waals surface area contributed by atoms with Crippen molar-refractivity contribution in [1.29, 1.82) is 0 Å². The minimum Gasteiger partial charge on any atom is -0.459 e. The Morgan fingerprint density at radius 2 is 1.96 bits per heavy atom. The van der Waals surface area contributed by atoms with Gasteiger partial charge < -0.3 is 14.6 Å². The summed E-state index contributed by atoms with van der Waals surface area (Å²) in [6, 6.07) is 11.6. The Morgan fingerprint density at radius 3 is 2.58 bits per heavy atom. The van der Waals surface area contributed by atoms with Crippen molar-refractivity contribution in [2.45, 2.75) is 26.5 Å². The molecule has 0 saturated heterocycles. The lowest BCUT2D eigenvalue weighted by atomic mass is 10.1. The molecule has 0 saturated carbocycles. The topological polar surface area (TPSA) is 81.4 Å². The van der Waals surface area contributed by atoms with Crippen LogP contribution >= 0.6 is 11.3 Å². The number of carbonyl (C=O) groups is 2. The first-order chi connectivity index (χ1) is 12.6. The molecule has 6 nitrogen and oxygen atoms in total. The summed E-state index contributed by atoms with van der Waals surface area (Å²) in [6.07, 6.45) is 0. The lowest BCUT2D eigenvalue weighted by molar-refractivity contribution is -0.147. The van der Waals surface area contributed by atoms with E-state index in [0.717, 1.165) is 5.56 Å². The molecule has 134 valence electrons. The zero-order valence-electron chi connectivity index (χ0n) is 14.4. The SMILES string of the molecule is Cc1noc(C)c1COC(=O)[C@@H](NC(=O)c1cccs1)c1ccccc1. The second kappa shape index (κ2) is 7.97. The van der Waals surface area contributed by atoms with Crippen molar-refractivity contribution in [3.63, 3.8) is 0 Å². The standard InChI is InChI=1S/C19H18N2O4S/c1-12-15(13(2)25-21-12)11-24-19(23)17(14-7-4-3-5-8-14)20-18(22)16-9-6-10-26-16/h3-10,17H,11H2,1-2H3,(H,20,22)/t17-/m0/s1. The van der Waals surface area contributed by atoms with Crippen molar-refractivity contribution >= 4 is 23.2 Å². The van der Waals surface area contributed by atoms with Gasteiger partial charge in [0.15, 0.2) is 6.04 Å². The van der Waals surface area contributed by atoms with Gasteiger partial charge >= 0.3 is 5.97 Å². The van der Waals surface area contributed by atoms with Crippen molar-refractivity contribution in [1.82, 2.24) is 10.5 Å². The number of aryl methyl sites for hydroxylation is 2. The molecule has 0 aliphatic carbocycles. The molecule has 7 heteroatoms. The summed E-state index contributed by atoms with van der Waals surface area (Å²) in [5, 5.41) is 8.41. The van der Waals surface area contributed by atoms with Gasteiger partial charge in [-0.2, -0.15) is 0 Å². The first-order valence-corrected chi connectivity index (χ1v) is 8.92. The number of aromatic nitrogens is 1. The summed E-state index contributed by atoms with van der Waals surface area (Å²) >= 11 is 1.31. The van der Waals surface area contributed by atoms with Gasteiger partial charge in [-0.25, -0.2) is 4.79 Å². The summed E-state index contributed by atoms with van der Waals surface area (Å²) in [4.78, 5) is 25.6. The second-order valence-corrected chi connectivity index (χ2v) is 6.65. The first kappa shape index (κ1) is 17.9. The third kappa shape index (κ3) is 4.00. The molecule has 26 heavy (non-hydrogen) atoms. The van der Waals surface area contributed by atoms with Gasteiger partial charge in [-0.3, -0.25) is 4.79 Å². The van der Waals surface area contributed by atoms with Crippen LogP contribution in [0.4, 0.5) is 0 Å². The van der Waals surface area contributed by atoms with Crippen LogP contribution in [0.15, 0.2) is 52.4 Å². The summed E-state index contributed by atoms with van der Waals surface area (Å²) in [5.41, 5.74) is 2.06. The van der Waals surface area contributed by atoms with E-state index in [4.69, 9.17) is 9.26 Å². The minimum atomic E-state index is -0.897. The highest BCUT2D eigenvalue weighted by atomic mass is 32.1. The van der Waals surface area contributed by atoms with Gasteiger partial charge in [-0.05, 0) is 30.9 Å². The molecule has 0 unspecified atom stereocenters. The van der Waals surface area contributed by atoms with Crippen LogP contribution in [0.3, 0.4) is 0 Å². The molecule has 3 rings (SSSR count). The van der Waals surface area contributed by atoms with Crippen LogP contribution in [-0.4, -0.2) is 17.0 Å². The smallest absolute Gasteiger partial charge is 0.333 e. The molecule has 1 amide bonds. The zero-order chi connectivity index (χ0) is 18.5. The number of esters is 1. The molecule has 1 N–H and O–H groups in total. The van der Waals surface area contributed by atoms with Crippen LogP contribution in [0.1, 0.15) is 38.3 Å². The molecule has 0 fully saturated rings. The third-order valence-corrected chi connectivity index (χ3v) is 4.80. The van der Waals surface area contributed by atoms with E-state index in [1.165, 1.54) is 11.3 Å². The zero-order valence-corrected chi connectivity index (χ0v) is 15.2. The molecule has 0 aliphatic rings. The van der Waals surface area contributed by atoms with Crippen molar-refractivity contribution in [2.24, 2.45) is 0 Å². The number of rotatable bonds is 6. The number of benzene rings is 1. The van der Waals surface area contributed by atoms with Crippen LogP contribution in [0.25, 0.3) is 0 Å². The Bertz CT molecular complexity index is 868. The Morgan fingerprint density at radius 1 is 1.19 bits per heavy atom. The van der Waals surface area contributed by atoms with Crippen molar-refractivity contribution in [3.05, 3.63) is 75.3 Å². The maximum atomic E-state index is 12.7. The number of ether oxygens (including phenoxy) is 1. The predicted molar refractivity (Wildman–Crippen MR) is 96.7 cm³/mol. The summed E-state index contributed by atoms with van der Waals surface area (Å²) < 4.78 is 10.5. The van der Waals surface area contributed by atoms with E-state index >= 15 is 0 Å². The van der Waals surface area contributed by atoms with Crippen LogP contribution < -0.4 is 5.32 Å². The Hall–Kier alpha value is -2.93. The number of nitrogens with zero attached hydrogens (tertiary/aromatic N) is 1. The molecule has 3 aromatic rings. The fourth-order valence-corrected chi connectivity index (χ4v) is 3.10. The van der Waals surface area contributed by atoms with E-state index < -0.39 is 12.0 Å². The van der Waals surface area contributed by atoms with Gasteiger partial charge in [-0.15, -0.1) is 11.3 Å². The van der Waals surface area contributed by atoms with Gasteiger partial charge in [0.1, 0.15) is 12.4 Å². The van der Waals surface area contributed by atoms with Crippen LogP contribution in [0.5, 0.6) is 0 Å². The van der Waals surface area contributed by atoms with E-state index in [1.807, 2.05) is 11.4 Å². The average Bonchev–Trinajstić information content (AvgIpc) is 3.29. The van der Waals surface area contributed by atoms with E-state index in [2.05, 4.69) is 10.5 Å². The van der Waals surface area contributed by atoms with Gasteiger partial charge in [-0.1, -0.05) is 41.6 Å². The van der Waals surface area contributed by atoms with Gasteiger partial charge in [0.2, 0.25) is 0 Å². The summed E-state index contributed by atoms with van der Waals surface area (Å²) in [7, 11) is 0. The molecule has 1 aromatic carbocycles. The Kier molecular flexibility index (Phi) is 5.48.